The van der Waals surface area contributed by atoms with Gasteiger partial charge < -0.3 is 14.8 Å². The largest absolute Gasteiger partial charge is 0.508 e. The highest BCUT2D eigenvalue weighted by Gasteiger charge is 2.13. The lowest BCUT2D eigenvalue weighted by atomic mass is 10.1. The normalized spacial score (nSPS) is 10.6. The molecule has 1 aromatic heterocycles. The predicted molar refractivity (Wildman–Crippen MR) is 102 cm³/mol. The van der Waals surface area contributed by atoms with Gasteiger partial charge in [-0.05, 0) is 48.5 Å². The number of anilines is 1. The lowest BCUT2D eigenvalue weighted by Gasteiger charge is -2.04. The molecule has 0 spiro atoms. The molecule has 0 aliphatic carbocycles. The number of rotatable bonds is 7. The van der Waals surface area contributed by atoms with E-state index in [1.807, 2.05) is 0 Å². The fourth-order valence-corrected chi connectivity index (χ4v) is 2.85. The fourth-order valence-electron chi connectivity index (χ4n) is 2.19. The van der Waals surface area contributed by atoms with Gasteiger partial charge in [-0.25, -0.2) is 0 Å². The third kappa shape index (κ3) is 4.95. The molecule has 138 valence electrons. The van der Waals surface area contributed by atoms with Crippen LogP contribution in [0.1, 0.15) is 23.7 Å². The number of thioether (sulfide) groups is 1. The summed E-state index contributed by atoms with van der Waals surface area (Å²) in [6.45, 7) is 1.77. The zero-order chi connectivity index (χ0) is 19.2. The number of nitrogens with one attached hydrogen (secondary N) is 1. The number of ketones is 1. The van der Waals surface area contributed by atoms with Crippen LogP contribution in [-0.2, 0) is 4.79 Å². The van der Waals surface area contributed by atoms with Crippen LogP contribution in [0.25, 0.3) is 11.5 Å². The number of aromatic hydroxyl groups is 1. The molecule has 0 aliphatic rings. The molecule has 8 heteroatoms. The van der Waals surface area contributed by atoms with Gasteiger partial charge in [-0.3, -0.25) is 9.59 Å². The van der Waals surface area contributed by atoms with E-state index in [0.29, 0.717) is 34.3 Å². The van der Waals surface area contributed by atoms with E-state index in [1.54, 1.807) is 43.3 Å². The average Bonchev–Trinajstić information content (AvgIpc) is 3.16. The van der Waals surface area contributed by atoms with Crippen LogP contribution in [0.2, 0.25) is 0 Å². The summed E-state index contributed by atoms with van der Waals surface area (Å²) in [5.41, 5.74) is 1.87. The minimum Gasteiger partial charge on any atom is -0.508 e. The molecule has 27 heavy (non-hydrogen) atoms. The van der Waals surface area contributed by atoms with Gasteiger partial charge in [0.25, 0.3) is 5.22 Å². The lowest BCUT2D eigenvalue weighted by molar-refractivity contribution is -0.115. The molecule has 0 fully saturated rings. The monoisotopic (exact) mass is 383 g/mol. The number of nitrogens with zero attached hydrogens (tertiary/aromatic N) is 2. The van der Waals surface area contributed by atoms with E-state index in [1.165, 1.54) is 12.1 Å². The molecule has 3 rings (SSSR count). The number of carbonyl (C=O) groups excluding carboxylic acids is 2. The molecule has 0 unspecified atom stereocenters. The number of aromatic nitrogens is 2. The van der Waals surface area contributed by atoms with Crippen LogP contribution < -0.4 is 5.32 Å². The van der Waals surface area contributed by atoms with Crippen LogP contribution in [-0.4, -0.2) is 32.7 Å². The van der Waals surface area contributed by atoms with E-state index in [0.717, 1.165) is 11.8 Å². The van der Waals surface area contributed by atoms with Gasteiger partial charge in [-0.2, -0.15) is 0 Å². The van der Waals surface area contributed by atoms with E-state index < -0.39 is 0 Å². The van der Waals surface area contributed by atoms with Crippen LogP contribution in [0.5, 0.6) is 5.75 Å². The Morgan fingerprint density at radius 1 is 1.07 bits per heavy atom. The second-order valence-corrected chi connectivity index (χ2v) is 6.54. The summed E-state index contributed by atoms with van der Waals surface area (Å²) in [6.07, 6.45) is 0.396. The van der Waals surface area contributed by atoms with Crippen molar-refractivity contribution in [2.75, 3.05) is 11.1 Å². The Balaban J connectivity index is 1.57. The fraction of sp³-hybridized carbons (Fsp3) is 0.158. The molecule has 0 aliphatic heterocycles. The van der Waals surface area contributed by atoms with Crippen LogP contribution >= 0.6 is 11.8 Å². The number of Topliss-reactive ketones (excluding diaryl/α,β-unsaturated/α-hetero) is 1. The number of amides is 1. The number of benzene rings is 2. The average molecular weight is 383 g/mol. The first-order valence-electron chi connectivity index (χ1n) is 8.24. The summed E-state index contributed by atoms with van der Waals surface area (Å²) in [5, 5.41) is 20.2. The summed E-state index contributed by atoms with van der Waals surface area (Å²) < 4.78 is 5.53. The molecule has 7 nitrogen and oxygen atoms in total. The predicted octanol–water partition coefficient (Wildman–Crippen LogP) is 3.77. The maximum absolute atomic E-state index is 12.3. The summed E-state index contributed by atoms with van der Waals surface area (Å²) in [5.74, 6) is 0.459. The first kappa shape index (κ1) is 18.7. The Kier molecular flexibility index (Phi) is 5.87. The van der Waals surface area contributed by atoms with Crippen molar-refractivity contribution in [1.29, 1.82) is 0 Å². The third-order valence-electron chi connectivity index (χ3n) is 3.66. The van der Waals surface area contributed by atoms with Gasteiger partial charge in [-0.15, -0.1) is 10.2 Å². The summed E-state index contributed by atoms with van der Waals surface area (Å²) in [4.78, 5) is 23.7. The molecule has 0 atom stereocenters. The van der Waals surface area contributed by atoms with Gasteiger partial charge in [0.2, 0.25) is 11.8 Å². The zero-order valence-electron chi connectivity index (χ0n) is 14.5. The number of hydrogen-bond acceptors (Lipinski definition) is 7. The first-order valence-corrected chi connectivity index (χ1v) is 9.22. The minimum atomic E-state index is -0.0854. The van der Waals surface area contributed by atoms with Crippen LogP contribution in [0.4, 0.5) is 5.69 Å². The summed E-state index contributed by atoms with van der Waals surface area (Å²) in [6, 6.07) is 13.1. The van der Waals surface area contributed by atoms with E-state index in [2.05, 4.69) is 15.5 Å². The van der Waals surface area contributed by atoms with Crippen LogP contribution in [0, 0.1) is 0 Å². The molecule has 0 saturated carbocycles. The summed E-state index contributed by atoms with van der Waals surface area (Å²) in [7, 11) is 0. The van der Waals surface area contributed by atoms with Crippen molar-refractivity contribution in [3.05, 3.63) is 54.1 Å². The smallest absolute Gasteiger partial charge is 0.277 e. The molecule has 2 N–H and O–H groups in total. The Morgan fingerprint density at radius 3 is 2.44 bits per heavy atom. The molecule has 1 amide bonds. The van der Waals surface area contributed by atoms with Gasteiger partial charge in [0.05, 0.1) is 5.75 Å². The number of hydrogen-bond donors (Lipinski definition) is 2. The minimum absolute atomic E-state index is 0.0783. The lowest BCUT2D eigenvalue weighted by Crippen LogP contribution is -2.09. The maximum atomic E-state index is 12.3. The molecule has 0 bridgehead atoms. The SMILES string of the molecule is CCC(=O)Nc1ccc(C(=O)CSc2nnc(-c3ccc(O)cc3)o2)cc1. The highest BCUT2D eigenvalue weighted by molar-refractivity contribution is 7.99. The zero-order valence-corrected chi connectivity index (χ0v) is 15.3. The van der Waals surface area contributed by atoms with E-state index in [-0.39, 0.29) is 23.2 Å². The van der Waals surface area contributed by atoms with Gasteiger partial charge in [0.15, 0.2) is 5.78 Å². The van der Waals surface area contributed by atoms with Gasteiger partial charge >= 0.3 is 0 Å². The number of phenols is 1. The Bertz CT molecular complexity index is 936. The standard InChI is InChI=1S/C19H17N3O4S/c1-2-17(25)20-14-7-3-12(4-8-14)16(24)11-27-19-22-21-18(26-19)13-5-9-15(23)10-6-13/h3-10,23H,2,11H2,1H3,(H,20,25). The Hall–Kier alpha value is -3.13. The van der Waals surface area contributed by atoms with E-state index >= 15 is 0 Å². The Morgan fingerprint density at radius 2 is 1.78 bits per heavy atom. The molecule has 1 heterocycles. The van der Waals surface area contributed by atoms with Gasteiger partial charge in [0, 0.05) is 23.2 Å². The van der Waals surface area contributed by atoms with Crippen LogP contribution in [0.15, 0.2) is 58.2 Å². The molecule has 3 aromatic rings. The number of carbonyl (C=O) groups is 2. The summed E-state index contributed by atoms with van der Waals surface area (Å²) >= 11 is 1.15. The molecular formula is C19H17N3O4S. The number of phenolic OH excluding ortho intramolecular Hbond substituents is 1. The van der Waals surface area contributed by atoms with Crippen molar-refractivity contribution in [2.45, 2.75) is 18.6 Å². The first-order chi connectivity index (χ1) is 13.0. The second kappa shape index (κ2) is 8.50. The molecule has 0 radical (unpaired) electrons. The van der Waals surface area contributed by atoms with Crippen molar-refractivity contribution in [3.63, 3.8) is 0 Å². The van der Waals surface area contributed by atoms with E-state index in [4.69, 9.17) is 4.42 Å². The highest BCUT2D eigenvalue weighted by atomic mass is 32.2. The van der Waals surface area contributed by atoms with Crippen molar-refractivity contribution in [2.24, 2.45) is 0 Å². The quantitative estimate of drug-likeness (QED) is 0.472. The molecule has 0 saturated heterocycles. The maximum Gasteiger partial charge on any atom is 0.277 e. The van der Waals surface area contributed by atoms with Crippen molar-refractivity contribution < 1.29 is 19.1 Å². The van der Waals surface area contributed by atoms with E-state index in [9.17, 15) is 14.7 Å². The van der Waals surface area contributed by atoms with Crippen LogP contribution in [0.3, 0.4) is 0 Å². The highest BCUT2D eigenvalue weighted by Crippen LogP contribution is 2.25. The van der Waals surface area contributed by atoms with Crippen molar-refractivity contribution >= 4 is 29.1 Å². The topological polar surface area (TPSA) is 105 Å². The van der Waals surface area contributed by atoms with Crippen molar-refractivity contribution in [3.8, 4) is 17.2 Å². The molecular weight excluding hydrogens is 366 g/mol. The van der Waals surface area contributed by atoms with Crippen molar-refractivity contribution in [1.82, 2.24) is 10.2 Å². The Labute approximate surface area is 159 Å². The second-order valence-electron chi connectivity index (χ2n) is 5.61. The van der Waals surface area contributed by atoms with Gasteiger partial charge in [0.1, 0.15) is 5.75 Å². The van der Waals surface area contributed by atoms with Gasteiger partial charge in [-0.1, -0.05) is 18.7 Å². The third-order valence-corrected chi connectivity index (χ3v) is 4.48. The molecule has 2 aromatic carbocycles.